The number of aromatic nitrogens is 2. The van der Waals surface area contributed by atoms with Crippen molar-refractivity contribution < 1.29 is 8.42 Å². The minimum absolute atomic E-state index is 0.0772. The highest BCUT2D eigenvalue weighted by Gasteiger charge is 2.39. The summed E-state index contributed by atoms with van der Waals surface area (Å²) in [6.45, 7) is 5.96. The molecule has 2 unspecified atom stereocenters. The molecule has 1 fully saturated rings. The Morgan fingerprint density at radius 3 is 2.72 bits per heavy atom. The van der Waals surface area contributed by atoms with E-state index < -0.39 is 10.0 Å². The quantitative estimate of drug-likeness (QED) is 0.910. The van der Waals surface area contributed by atoms with E-state index in [0.717, 1.165) is 19.3 Å². The molecule has 2 heterocycles. The van der Waals surface area contributed by atoms with Crippen molar-refractivity contribution in [3.8, 4) is 0 Å². The van der Waals surface area contributed by atoms with Gasteiger partial charge in [-0.05, 0) is 26.2 Å². The van der Waals surface area contributed by atoms with Crippen molar-refractivity contribution in [2.75, 3.05) is 0 Å². The Bertz CT molecular complexity index is 509. The van der Waals surface area contributed by atoms with Gasteiger partial charge < -0.3 is 4.98 Å². The summed E-state index contributed by atoms with van der Waals surface area (Å²) < 4.78 is 26.8. The van der Waals surface area contributed by atoms with Crippen LogP contribution >= 0.6 is 0 Å². The van der Waals surface area contributed by atoms with E-state index in [2.05, 4.69) is 9.97 Å². The van der Waals surface area contributed by atoms with Gasteiger partial charge in [0.1, 0.15) is 5.82 Å². The van der Waals surface area contributed by atoms with Gasteiger partial charge in [0, 0.05) is 18.5 Å². The van der Waals surface area contributed by atoms with Gasteiger partial charge in [-0.25, -0.2) is 13.4 Å². The molecule has 0 amide bonds. The van der Waals surface area contributed by atoms with Gasteiger partial charge >= 0.3 is 0 Å². The summed E-state index contributed by atoms with van der Waals surface area (Å²) in [5.41, 5.74) is 0. The molecule has 2 rings (SSSR count). The van der Waals surface area contributed by atoms with E-state index in [0.29, 0.717) is 12.2 Å². The molecular formula is C12H21N3O2S. The summed E-state index contributed by atoms with van der Waals surface area (Å²) >= 11 is 0. The van der Waals surface area contributed by atoms with Gasteiger partial charge in [0.2, 0.25) is 0 Å². The molecule has 18 heavy (non-hydrogen) atoms. The molecule has 1 aliphatic rings. The number of H-pyrrole nitrogens is 1. The van der Waals surface area contributed by atoms with Crippen LogP contribution in [-0.2, 0) is 16.4 Å². The second-order valence-corrected chi connectivity index (χ2v) is 6.68. The van der Waals surface area contributed by atoms with E-state index >= 15 is 0 Å². The van der Waals surface area contributed by atoms with Gasteiger partial charge in [-0.15, -0.1) is 0 Å². The maximum Gasteiger partial charge on any atom is 0.260 e. The van der Waals surface area contributed by atoms with Gasteiger partial charge in [-0.1, -0.05) is 13.8 Å². The maximum atomic E-state index is 12.6. The Morgan fingerprint density at radius 2 is 2.17 bits per heavy atom. The lowest BCUT2D eigenvalue weighted by Gasteiger charge is -2.26. The largest absolute Gasteiger partial charge is 0.332 e. The average molecular weight is 271 g/mol. The van der Waals surface area contributed by atoms with Crippen LogP contribution < -0.4 is 0 Å². The lowest BCUT2D eigenvalue weighted by atomic mass is 10.2. The van der Waals surface area contributed by atoms with Gasteiger partial charge in [0.15, 0.2) is 5.03 Å². The number of nitrogens with one attached hydrogen (secondary N) is 1. The van der Waals surface area contributed by atoms with Crippen LogP contribution in [0.1, 0.15) is 45.9 Å². The maximum absolute atomic E-state index is 12.6. The number of aromatic amines is 1. The first-order valence-corrected chi connectivity index (χ1v) is 8.02. The Kier molecular flexibility index (Phi) is 3.77. The normalized spacial score (nSPS) is 25.7. The van der Waals surface area contributed by atoms with Crippen LogP contribution in [0.3, 0.4) is 0 Å². The van der Waals surface area contributed by atoms with E-state index in [1.807, 2.05) is 20.8 Å². The van der Waals surface area contributed by atoms with E-state index in [9.17, 15) is 8.42 Å². The first kappa shape index (κ1) is 13.5. The Hall–Kier alpha value is -0.880. The number of aryl methyl sites for hydroxylation is 1. The molecule has 1 aromatic rings. The van der Waals surface area contributed by atoms with Crippen LogP contribution in [0.15, 0.2) is 11.2 Å². The SMILES string of the molecule is CCc1ncc(S(=O)(=O)N2C(C)CCC2CC)[nH]1. The number of sulfonamides is 1. The van der Waals surface area contributed by atoms with Crippen molar-refractivity contribution >= 4 is 10.0 Å². The monoisotopic (exact) mass is 271 g/mol. The lowest BCUT2D eigenvalue weighted by Crippen LogP contribution is -2.39. The zero-order valence-electron chi connectivity index (χ0n) is 11.2. The van der Waals surface area contributed by atoms with Crippen molar-refractivity contribution in [2.24, 2.45) is 0 Å². The van der Waals surface area contributed by atoms with Gasteiger partial charge in [-0.3, -0.25) is 0 Å². The molecule has 0 bridgehead atoms. The molecule has 1 saturated heterocycles. The molecule has 0 aromatic carbocycles. The Morgan fingerprint density at radius 1 is 1.44 bits per heavy atom. The number of nitrogens with zero attached hydrogens (tertiary/aromatic N) is 2. The van der Waals surface area contributed by atoms with E-state index in [4.69, 9.17) is 0 Å². The van der Waals surface area contributed by atoms with Crippen LogP contribution in [0.25, 0.3) is 0 Å². The average Bonchev–Trinajstić information content (AvgIpc) is 2.95. The minimum Gasteiger partial charge on any atom is -0.332 e. The molecule has 0 aliphatic carbocycles. The first-order chi connectivity index (χ1) is 8.50. The summed E-state index contributed by atoms with van der Waals surface area (Å²) in [7, 11) is -3.42. The first-order valence-electron chi connectivity index (χ1n) is 6.58. The number of imidazole rings is 1. The zero-order chi connectivity index (χ0) is 13.3. The van der Waals surface area contributed by atoms with Gasteiger partial charge in [0.25, 0.3) is 10.0 Å². The molecule has 0 spiro atoms. The second-order valence-electron chi connectivity index (χ2n) is 4.87. The standard InChI is InChI=1S/C12H21N3O2S/c1-4-10-7-6-9(3)15(10)18(16,17)12-8-13-11(5-2)14-12/h8-10H,4-7H2,1-3H3,(H,13,14). The van der Waals surface area contributed by atoms with Crippen molar-refractivity contribution in [3.63, 3.8) is 0 Å². The van der Waals surface area contributed by atoms with E-state index in [1.54, 1.807) is 4.31 Å². The lowest BCUT2D eigenvalue weighted by molar-refractivity contribution is 0.327. The van der Waals surface area contributed by atoms with E-state index in [-0.39, 0.29) is 17.1 Å². The second kappa shape index (κ2) is 5.01. The number of hydrogen-bond donors (Lipinski definition) is 1. The molecule has 2 atom stereocenters. The molecule has 1 N–H and O–H groups in total. The predicted octanol–water partition coefficient (Wildman–Crippen LogP) is 1.92. The highest BCUT2D eigenvalue weighted by molar-refractivity contribution is 7.89. The van der Waals surface area contributed by atoms with Crippen molar-refractivity contribution in [1.82, 2.24) is 14.3 Å². The summed E-state index contributed by atoms with van der Waals surface area (Å²) in [6.07, 6.45) is 4.89. The fourth-order valence-corrected chi connectivity index (χ4v) is 4.52. The third kappa shape index (κ3) is 2.19. The molecule has 102 valence electrons. The number of rotatable bonds is 4. The Balaban J connectivity index is 2.35. The van der Waals surface area contributed by atoms with Crippen LogP contribution in [0.5, 0.6) is 0 Å². The molecule has 6 heteroatoms. The Labute approximate surface area is 109 Å². The molecule has 1 aliphatic heterocycles. The highest BCUT2D eigenvalue weighted by atomic mass is 32.2. The van der Waals surface area contributed by atoms with Gasteiger partial charge in [0.05, 0.1) is 6.20 Å². The highest BCUT2D eigenvalue weighted by Crippen LogP contribution is 2.31. The van der Waals surface area contributed by atoms with Crippen molar-refractivity contribution in [1.29, 1.82) is 0 Å². The zero-order valence-corrected chi connectivity index (χ0v) is 12.0. The third-order valence-corrected chi connectivity index (χ3v) is 5.66. The predicted molar refractivity (Wildman–Crippen MR) is 69.8 cm³/mol. The van der Waals surface area contributed by atoms with Crippen LogP contribution in [0, 0.1) is 0 Å². The molecule has 1 aromatic heterocycles. The van der Waals surface area contributed by atoms with Crippen LogP contribution in [0.4, 0.5) is 0 Å². The summed E-state index contributed by atoms with van der Waals surface area (Å²) in [6, 6.07) is 0.201. The third-order valence-electron chi connectivity index (χ3n) is 3.68. The molecule has 0 saturated carbocycles. The van der Waals surface area contributed by atoms with Crippen molar-refractivity contribution in [3.05, 3.63) is 12.0 Å². The fraction of sp³-hybridized carbons (Fsp3) is 0.750. The fourth-order valence-electron chi connectivity index (χ4n) is 2.63. The molecular weight excluding hydrogens is 250 g/mol. The summed E-state index contributed by atoms with van der Waals surface area (Å²) in [5.74, 6) is 0.716. The van der Waals surface area contributed by atoms with E-state index in [1.165, 1.54) is 6.20 Å². The molecule has 0 radical (unpaired) electrons. The van der Waals surface area contributed by atoms with Gasteiger partial charge in [-0.2, -0.15) is 4.31 Å². The topological polar surface area (TPSA) is 66.1 Å². The number of hydrogen-bond acceptors (Lipinski definition) is 3. The van der Waals surface area contributed by atoms with Crippen LogP contribution in [0.2, 0.25) is 0 Å². The smallest absolute Gasteiger partial charge is 0.260 e. The van der Waals surface area contributed by atoms with Crippen molar-refractivity contribution in [2.45, 2.75) is 63.6 Å². The minimum atomic E-state index is -3.42. The summed E-state index contributed by atoms with van der Waals surface area (Å²) in [5, 5.41) is 0.228. The summed E-state index contributed by atoms with van der Waals surface area (Å²) in [4.78, 5) is 6.99. The molecule has 5 nitrogen and oxygen atoms in total. The van der Waals surface area contributed by atoms with Crippen LogP contribution in [-0.4, -0.2) is 34.8 Å².